The van der Waals surface area contributed by atoms with Gasteiger partial charge in [-0.05, 0) is 36.3 Å². The number of esters is 1. The average molecular weight is 360 g/mol. The van der Waals surface area contributed by atoms with E-state index in [0.29, 0.717) is 6.42 Å². The molecule has 0 spiro atoms. The lowest BCUT2D eigenvalue weighted by molar-refractivity contribution is -0.140. The minimum Gasteiger partial charge on any atom is -0.469 e. The molecule has 0 saturated heterocycles. The van der Waals surface area contributed by atoms with Gasteiger partial charge < -0.3 is 10.5 Å². The molecular weight excluding hydrogens is 322 g/mol. The maximum absolute atomic E-state index is 11.1. The Bertz CT molecular complexity index is 505. The molecule has 1 atom stereocenters. The molecular formula is C23H37NO2. The largest absolute Gasteiger partial charge is 0.469 e. The number of unbranched alkanes of at least 4 members (excludes halogenated alkanes) is 2. The van der Waals surface area contributed by atoms with E-state index in [1.54, 1.807) is 0 Å². The zero-order chi connectivity index (χ0) is 18.6. The second-order valence-corrected chi connectivity index (χ2v) is 7.92. The third kappa shape index (κ3) is 7.90. The predicted octanol–water partition coefficient (Wildman–Crippen LogP) is 5.71. The van der Waals surface area contributed by atoms with Gasteiger partial charge in [-0.15, -0.1) is 0 Å². The molecule has 26 heavy (non-hydrogen) atoms. The molecule has 0 bridgehead atoms. The number of ether oxygens (including phenoxy) is 1. The molecule has 3 heteroatoms. The topological polar surface area (TPSA) is 52.3 Å². The summed E-state index contributed by atoms with van der Waals surface area (Å²) >= 11 is 0. The van der Waals surface area contributed by atoms with Crippen LogP contribution in [0.1, 0.15) is 94.2 Å². The summed E-state index contributed by atoms with van der Waals surface area (Å²) < 4.78 is 4.67. The van der Waals surface area contributed by atoms with Gasteiger partial charge in [-0.3, -0.25) is 4.79 Å². The SMILES string of the molecule is COC(=O)CCCc1ccc(C(N)CCCCCC2CCCCC2)cc1. The molecule has 1 aromatic carbocycles. The third-order valence-electron chi connectivity index (χ3n) is 5.83. The van der Waals surface area contributed by atoms with E-state index in [4.69, 9.17) is 5.73 Å². The molecule has 1 aromatic rings. The van der Waals surface area contributed by atoms with Crippen molar-refractivity contribution in [3.63, 3.8) is 0 Å². The van der Waals surface area contributed by atoms with Gasteiger partial charge in [0.2, 0.25) is 0 Å². The molecule has 1 saturated carbocycles. The summed E-state index contributed by atoms with van der Waals surface area (Å²) in [6, 6.07) is 8.75. The molecule has 2 N–H and O–H groups in total. The fraction of sp³-hybridized carbons (Fsp3) is 0.696. The van der Waals surface area contributed by atoms with Crippen molar-refractivity contribution in [1.29, 1.82) is 0 Å². The Kier molecular flexibility index (Phi) is 9.76. The Hall–Kier alpha value is -1.35. The van der Waals surface area contributed by atoms with Gasteiger partial charge in [0, 0.05) is 12.5 Å². The molecule has 1 aliphatic rings. The van der Waals surface area contributed by atoms with Gasteiger partial charge in [0.1, 0.15) is 0 Å². The van der Waals surface area contributed by atoms with E-state index in [0.717, 1.165) is 25.2 Å². The number of nitrogens with two attached hydrogens (primary N) is 1. The summed E-state index contributed by atoms with van der Waals surface area (Å²) in [6.45, 7) is 0. The Morgan fingerprint density at radius 3 is 2.50 bits per heavy atom. The number of rotatable bonds is 11. The first-order valence-corrected chi connectivity index (χ1v) is 10.6. The molecule has 1 fully saturated rings. The first kappa shape index (κ1) is 21.0. The quantitative estimate of drug-likeness (QED) is 0.406. The average Bonchev–Trinajstić information content (AvgIpc) is 2.68. The zero-order valence-electron chi connectivity index (χ0n) is 16.6. The number of hydrogen-bond acceptors (Lipinski definition) is 3. The van der Waals surface area contributed by atoms with Gasteiger partial charge in [-0.1, -0.05) is 82.1 Å². The van der Waals surface area contributed by atoms with Gasteiger partial charge >= 0.3 is 5.97 Å². The minimum absolute atomic E-state index is 0.132. The lowest BCUT2D eigenvalue weighted by Crippen LogP contribution is -2.10. The summed E-state index contributed by atoms with van der Waals surface area (Å²) in [7, 11) is 1.44. The number of carbonyl (C=O) groups excluding carboxylic acids is 1. The molecule has 2 rings (SSSR count). The number of methoxy groups -OCH3 is 1. The summed E-state index contributed by atoms with van der Waals surface area (Å²) in [5, 5.41) is 0. The maximum atomic E-state index is 11.1. The van der Waals surface area contributed by atoms with Crippen LogP contribution in [0.25, 0.3) is 0 Å². The highest BCUT2D eigenvalue weighted by molar-refractivity contribution is 5.69. The molecule has 0 heterocycles. The van der Waals surface area contributed by atoms with E-state index in [2.05, 4.69) is 29.0 Å². The summed E-state index contributed by atoms with van der Waals surface area (Å²) in [6.07, 6.45) is 15.9. The third-order valence-corrected chi connectivity index (χ3v) is 5.83. The van der Waals surface area contributed by atoms with Crippen molar-refractivity contribution in [3.05, 3.63) is 35.4 Å². The van der Waals surface area contributed by atoms with Crippen LogP contribution in [-0.4, -0.2) is 13.1 Å². The van der Waals surface area contributed by atoms with Gasteiger partial charge in [-0.2, -0.15) is 0 Å². The van der Waals surface area contributed by atoms with Gasteiger partial charge in [0.15, 0.2) is 0 Å². The van der Waals surface area contributed by atoms with Gasteiger partial charge in [0.25, 0.3) is 0 Å². The van der Waals surface area contributed by atoms with Crippen LogP contribution >= 0.6 is 0 Å². The maximum Gasteiger partial charge on any atom is 0.305 e. The molecule has 146 valence electrons. The van der Waals surface area contributed by atoms with Crippen LogP contribution in [0.3, 0.4) is 0 Å². The molecule has 0 aliphatic heterocycles. The summed E-state index contributed by atoms with van der Waals surface area (Å²) in [5.74, 6) is 0.872. The van der Waals surface area contributed by atoms with Crippen molar-refractivity contribution >= 4 is 5.97 Å². The first-order chi connectivity index (χ1) is 12.7. The standard InChI is InChI=1S/C23H37NO2/c1-26-23(25)14-8-12-20-15-17-21(18-16-20)22(24)13-7-3-6-11-19-9-4-2-5-10-19/h15-19,22H,2-14,24H2,1H3. The molecule has 3 nitrogen and oxygen atoms in total. The smallest absolute Gasteiger partial charge is 0.305 e. The predicted molar refractivity (Wildman–Crippen MR) is 108 cm³/mol. The van der Waals surface area contributed by atoms with Crippen molar-refractivity contribution in [1.82, 2.24) is 0 Å². The van der Waals surface area contributed by atoms with Crippen molar-refractivity contribution in [2.24, 2.45) is 11.7 Å². The first-order valence-electron chi connectivity index (χ1n) is 10.6. The summed E-state index contributed by atoms with van der Waals surface area (Å²) in [4.78, 5) is 11.1. The molecule has 0 aromatic heterocycles. The zero-order valence-corrected chi connectivity index (χ0v) is 16.6. The Balaban J connectivity index is 1.59. The minimum atomic E-state index is -0.132. The number of hydrogen-bond donors (Lipinski definition) is 1. The Labute approximate surface area is 159 Å². The van der Waals surface area contributed by atoms with Crippen LogP contribution in [-0.2, 0) is 16.0 Å². The van der Waals surface area contributed by atoms with E-state index in [1.807, 2.05) is 0 Å². The monoisotopic (exact) mass is 359 g/mol. The van der Waals surface area contributed by atoms with Crippen LogP contribution in [0.5, 0.6) is 0 Å². The number of benzene rings is 1. The van der Waals surface area contributed by atoms with Gasteiger partial charge in [-0.25, -0.2) is 0 Å². The number of aryl methyl sites for hydroxylation is 1. The van der Waals surface area contributed by atoms with Crippen LogP contribution in [0.2, 0.25) is 0 Å². The highest BCUT2D eigenvalue weighted by Gasteiger charge is 2.13. The fourth-order valence-corrected chi connectivity index (χ4v) is 4.09. The van der Waals surface area contributed by atoms with Crippen LogP contribution in [0.4, 0.5) is 0 Å². The lowest BCUT2D eigenvalue weighted by atomic mass is 9.85. The molecule has 0 amide bonds. The summed E-state index contributed by atoms with van der Waals surface area (Å²) in [5.41, 5.74) is 8.86. The van der Waals surface area contributed by atoms with Crippen molar-refractivity contribution in [2.75, 3.05) is 7.11 Å². The van der Waals surface area contributed by atoms with Crippen LogP contribution in [0, 0.1) is 5.92 Å². The van der Waals surface area contributed by atoms with Crippen molar-refractivity contribution in [2.45, 2.75) is 89.5 Å². The second-order valence-electron chi connectivity index (χ2n) is 7.92. The molecule has 1 aliphatic carbocycles. The van der Waals surface area contributed by atoms with E-state index >= 15 is 0 Å². The Morgan fingerprint density at radius 1 is 1.08 bits per heavy atom. The molecule has 1 unspecified atom stereocenters. The highest BCUT2D eigenvalue weighted by Crippen LogP contribution is 2.28. The van der Waals surface area contributed by atoms with E-state index < -0.39 is 0 Å². The fourth-order valence-electron chi connectivity index (χ4n) is 4.09. The van der Waals surface area contributed by atoms with Crippen LogP contribution in [0.15, 0.2) is 24.3 Å². The van der Waals surface area contributed by atoms with Gasteiger partial charge in [0.05, 0.1) is 7.11 Å². The lowest BCUT2D eigenvalue weighted by Gasteiger charge is -2.21. The highest BCUT2D eigenvalue weighted by atomic mass is 16.5. The second kappa shape index (κ2) is 12.1. The van der Waals surface area contributed by atoms with E-state index in [1.165, 1.54) is 76.0 Å². The molecule has 0 radical (unpaired) electrons. The van der Waals surface area contributed by atoms with Crippen LogP contribution < -0.4 is 5.73 Å². The Morgan fingerprint density at radius 2 is 1.81 bits per heavy atom. The van der Waals surface area contributed by atoms with Crippen molar-refractivity contribution in [3.8, 4) is 0 Å². The van der Waals surface area contributed by atoms with E-state index in [-0.39, 0.29) is 12.0 Å². The van der Waals surface area contributed by atoms with Crippen molar-refractivity contribution < 1.29 is 9.53 Å². The normalized spacial score (nSPS) is 16.4. The number of carbonyl (C=O) groups is 1. The van der Waals surface area contributed by atoms with E-state index in [9.17, 15) is 4.79 Å².